The van der Waals surface area contributed by atoms with Crippen molar-refractivity contribution in [1.82, 2.24) is 19.8 Å². The van der Waals surface area contributed by atoms with Gasteiger partial charge in [0.1, 0.15) is 5.82 Å². The van der Waals surface area contributed by atoms with Gasteiger partial charge in [-0.15, -0.1) is 11.3 Å². The minimum atomic E-state index is 0.880. The monoisotopic (exact) mass is 292 g/mol. The van der Waals surface area contributed by atoms with Gasteiger partial charge in [-0.2, -0.15) is 0 Å². The number of rotatable bonds is 8. The van der Waals surface area contributed by atoms with Crippen LogP contribution in [0.25, 0.3) is 0 Å². The smallest absolute Gasteiger partial charge is 0.122 e. The van der Waals surface area contributed by atoms with Gasteiger partial charge in [0.25, 0.3) is 0 Å². The normalized spacial score (nSPS) is 11.4. The molecule has 2 rings (SSSR count). The molecule has 110 valence electrons. The van der Waals surface area contributed by atoms with Gasteiger partial charge in [-0.1, -0.05) is 6.92 Å². The van der Waals surface area contributed by atoms with Crippen LogP contribution in [0.3, 0.4) is 0 Å². The van der Waals surface area contributed by atoms with Crippen LogP contribution in [0.2, 0.25) is 0 Å². The summed E-state index contributed by atoms with van der Waals surface area (Å²) in [5.74, 6) is 1.11. The first-order chi connectivity index (χ1) is 9.69. The van der Waals surface area contributed by atoms with Crippen molar-refractivity contribution in [2.45, 2.75) is 33.0 Å². The highest BCUT2D eigenvalue weighted by molar-refractivity contribution is 7.11. The summed E-state index contributed by atoms with van der Waals surface area (Å²) in [6.07, 6.45) is 5.03. The number of hydrogen-bond acceptors (Lipinski definition) is 4. The first-order valence-electron chi connectivity index (χ1n) is 7.12. The predicted octanol–water partition coefficient (Wildman–Crippen LogP) is 2.61. The third-order valence-electron chi connectivity index (χ3n) is 3.20. The van der Waals surface area contributed by atoms with Gasteiger partial charge in [0.15, 0.2) is 0 Å². The highest BCUT2D eigenvalue weighted by Crippen LogP contribution is 2.18. The van der Waals surface area contributed by atoms with Crippen LogP contribution in [-0.4, -0.2) is 28.0 Å². The van der Waals surface area contributed by atoms with Crippen LogP contribution in [0.1, 0.15) is 28.9 Å². The zero-order valence-electron chi connectivity index (χ0n) is 12.6. The SMILES string of the molecule is CCCNCc1ccc(CN(C)Cc2nccn2C)s1. The molecular weight excluding hydrogens is 268 g/mol. The lowest BCUT2D eigenvalue weighted by molar-refractivity contribution is 0.310. The lowest BCUT2D eigenvalue weighted by Gasteiger charge is -2.15. The Morgan fingerprint density at radius 2 is 2.10 bits per heavy atom. The molecule has 0 radical (unpaired) electrons. The third kappa shape index (κ3) is 4.44. The minimum Gasteiger partial charge on any atom is -0.337 e. The second kappa shape index (κ2) is 7.57. The highest BCUT2D eigenvalue weighted by atomic mass is 32.1. The van der Waals surface area contributed by atoms with Gasteiger partial charge in [-0.25, -0.2) is 4.98 Å². The molecule has 4 nitrogen and oxygen atoms in total. The Balaban J connectivity index is 1.82. The molecule has 0 aliphatic rings. The fraction of sp³-hybridized carbons (Fsp3) is 0.533. The van der Waals surface area contributed by atoms with Crippen LogP contribution in [0.15, 0.2) is 24.5 Å². The molecule has 0 saturated carbocycles. The van der Waals surface area contributed by atoms with E-state index in [1.165, 1.54) is 16.2 Å². The van der Waals surface area contributed by atoms with Crippen molar-refractivity contribution >= 4 is 11.3 Å². The number of thiophene rings is 1. The summed E-state index contributed by atoms with van der Waals surface area (Å²) in [6, 6.07) is 4.47. The molecule has 1 N–H and O–H groups in total. The third-order valence-corrected chi connectivity index (χ3v) is 4.27. The molecule has 0 aliphatic carbocycles. The molecule has 20 heavy (non-hydrogen) atoms. The van der Waals surface area contributed by atoms with Crippen LogP contribution < -0.4 is 5.32 Å². The van der Waals surface area contributed by atoms with E-state index in [1.807, 2.05) is 30.8 Å². The first kappa shape index (κ1) is 15.2. The Kier molecular flexibility index (Phi) is 5.76. The van der Waals surface area contributed by atoms with Crippen molar-refractivity contribution in [2.24, 2.45) is 7.05 Å². The second-order valence-corrected chi connectivity index (χ2v) is 6.42. The maximum Gasteiger partial charge on any atom is 0.122 e. The van der Waals surface area contributed by atoms with E-state index in [2.05, 4.69) is 45.9 Å². The fourth-order valence-electron chi connectivity index (χ4n) is 2.10. The van der Waals surface area contributed by atoms with Gasteiger partial charge >= 0.3 is 0 Å². The van der Waals surface area contributed by atoms with Crippen LogP contribution in [0.5, 0.6) is 0 Å². The molecule has 0 spiro atoms. The number of nitrogens with one attached hydrogen (secondary N) is 1. The average Bonchev–Trinajstić information content (AvgIpc) is 3.00. The van der Waals surface area contributed by atoms with E-state index in [4.69, 9.17) is 0 Å². The van der Waals surface area contributed by atoms with E-state index in [0.717, 1.165) is 32.0 Å². The van der Waals surface area contributed by atoms with E-state index >= 15 is 0 Å². The van der Waals surface area contributed by atoms with Crippen molar-refractivity contribution in [1.29, 1.82) is 0 Å². The van der Waals surface area contributed by atoms with Gasteiger partial charge in [0, 0.05) is 42.3 Å². The summed E-state index contributed by atoms with van der Waals surface area (Å²) in [7, 11) is 4.18. The Labute approximate surface area is 125 Å². The van der Waals surface area contributed by atoms with Gasteiger partial charge in [0.05, 0.1) is 6.54 Å². The molecule has 2 heterocycles. The largest absolute Gasteiger partial charge is 0.337 e. The zero-order valence-corrected chi connectivity index (χ0v) is 13.4. The number of aromatic nitrogens is 2. The number of nitrogens with zero attached hydrogens (tertiary/aromatic N) is 3. The zero-order chi connectivity index (χ0) is 14.4. The average molecular weight is 292 g/mol. The lowest BCUT2D eigenvalue weighted by atomic mass is 10.4. The van der Waals surface area contributed by atoms with E-state index in [9.17, 15) is 0 Å². The molecule has 0 fully saturated rings. The maximum atomic E-state index is 4.37. The van der Waals surface area contributed by atoms with Crippen molar-refractivity contribution in [3.05, 3.63) is 40.1 Å². The van der Waals surface area contributed by atoms with Crippen LogP contribution in [0.4, 0.5) is 0 Å². The molecular formula is C15H24N4S. The van der Waals surface area contributed by atoms with Gasteiger partial charge in [0.2, 0.25) is 0 Å². The molecule has 2 aromatic heterocycles. The molecule has 0 aromatic carbocycles. The van der Waals surface area contributed by atoms with Gasteiger partial charge < -0.3 is 9.88 Å². The van der Waals surface area contributed by atoms with Crippen LogP contribution in [0, 0.1) is 0 Å². The number of aryl methyl sites for hydroxylation is 1. The summed E-state index contributed by atoms with van der Waals surface area (Å²) in [6.45, 7) is 6.13. The van der Waals surface area contributed by atoms with E-state index < -0.39 is 0 Å². The molecule has 0 unspecified atom stereocenters. The molecule has 0 atom stereocenters. The summed E-state index contributed by atoms with van der Waals surface area (Å²) in [5.41, 5.74) is 0. The van der Waals surface area contributed by atoms with E-state index in [0.29, 0.717) is 0 Å². The molecule has 0 amide bonds. The summed E-state index contributed by atoms with van der Waals surface area (Å²) >= 11 is 1.90. The lowest BCUT2D eigenvalue weighted by Crippen LogP contribution is -2.18. The van der Waals surface area contributed by atoms with E-state index in [1.54, 1.807) is 0 Å². The molecule has 0 saturated heterocycles. The predicted molar refractivity (Wildman–Crippen MR) is 84.7 cm³/mol. The number of imidazole rings is 1. The Bertz CT molecular complexity index is 517. The Hall–Kier alpha value is -1.17. The number of hydrogen-bond donors (Lipinski definition) is 1. The van der Waals surface area contributed by atoms with Crippen molar-refractivity contribution in [3.63, 3.8) is 0 Å². The van der Waals surface area contributed by atoms with Gasteiger partial charge in [-0.3, -0.25) is 4.90 Å². The van der Waals surface area contributed by atoms with Crippen molar-refractivity contribution < 1.29 is 0 Å². The highest BCUT2D eigenvalue weighted by Gasteiger charge is 2.07. The molecule has 2 aromatic rings. The summed E-state index contributed by atoms with van der Waals surface area (Å²) in [5, 5.41) is 3.45. The Morgan fingerprint density at radius 1 is 1.30 bits per heavy atom. The fourth-order valence-corrected chi connectivity index (χ4v) is 3.17. The molecule has 0 aliphatic heterocycles. The summed E-state index contributed by atoms with van der Waals surface area (Å²) in [4.78, 5) is 9.50. The minimum absolute atomic E-state index is 0.880. The van der Waals surface area contributed by atoms with Crippen molar-refractivity contribution in [3.8, 4) is 0 Å². The maximum absolute atomic E-state index is 4.37. The van der Waals surface area contributed by atoms with Crippen LogP contribution >= 0.6 is 11.3 Å². The van der Waals surface area contributed by atoms with Gasteiger partial charge in [-0.05, 0) is 32.1 Å². The quantitative estimate of drug-likeness (QED) is 0.759. The van der Waals surface area contributed by atoms with Crippen LogP contribution in [-0.2, 0) is 26.7 Å². The van der Waals surface area contributed by atoms with E-state index in [-0.39, 0.29) is 0 Å². The summed E-state index contributed by atoms with van der Waals surface area (Å²) < 4.78 is 2.07. The topological polar surface area (TPSA) is 33.1 Å². The molecule has 0 bridgehead atoms. The standard InChI is InChI=1S/C15H24N4S/c1-4-7-16-10-13-5-6-14(20-13)11-18(2)12-15-17-8-9-19(15)3/h5-6,8-9,16H,4,7,10-12H2,1-3H3. The Morgan fingerprint density at radius 3 is 2.80 bits per heavy atom. The molecule has 5 heteroatoms. The first-order valence-corrected chi connectivity index (χ1v) is 7.93. The van der Waals surface area contributed by atoms with Crippen molar-refractivity contribution in [2.75, 3.05) is 13.6 Å². The second-order valence-electron chi connectivity index (χ2n) is 5.17.